The number of nitrogens with zero attached hydrogens (tertiary/aromatic N) is 2. The van der Waals surface area contributed by atoms with E-state index in [4.69, 9.17) is 5.11 Å². The van der Waals surface area contributed by atoms with Crippen LogP contribution in [0.4, 0.5) is 0 Å². The molecular formula is C10H18N2O2. The highest BCUT2D eigenvalue weighted by Crippen LogP contribution is 2.39. The summed E-state index contributed by atoms with van der Waals surface area (Å²) in [5.74, 6) is -0.118. The molecule has 2 fully saturated rings. The van der Waals surface area contributed by atoms with E-state index in [0.717, 1.165) is 25.9 Å². The minimum absolute atomic E-state index is 0.118. The third-order valence-electron chi connectivity index (χ3n) is 3.52. The van der Waals surface area contributed by atoms with Gasteiger partial charge in [-0.05, 0) is 25.3 Å². The van der Waals surface area contributed by atoms with Crippen LogP contribution < -0.4 is 0 Å². The molecule has 1 N–H and O–H groups in total. The van der Waals surface area contributed by atoms with E-state index in [1.54, 1.807) is 4.90 Å². The molecule has 2 aliphatic rings. The lowest BCUT2D eigenvalue weighted by molar-refractivity contribution is -0.138. The Morgan fingerprint density at radius 1 is 1.36 bits per heavy atom. The van der Waals surface area contributed by atoms with Crippen molar-refractivity contribution in [1.82, 2.24) is 9.80 Å². The van der Waals surface area contributed by atoms with E-state index in [-0.39, 0.29) is 12.5 Å². The fourth-order valence-corrected chi connectivity index (χ4v) is 2.75. The molecule has 4 heteroatoms. The van der Waals surface area contributed by atoms with Crippen LogP contribution in [0.15, 0.2) is 0 Å². The highest BCUT2D eigenvalue weighted by atomic mass is 16.3. The van der Waals surface area contributed by atoms with E-state index >= 15 is 0 Å². The van der Waals surface area contributed by atoms with Crippen molar-refractivity contribution in [3.05, 3.63) is 0 Å². The highest BCUT2D eigenvalue weighted by molar-refractivity contribution is 5.77. The Balaban J connectivity index is 1.84. The van der Waals surface area contributed by atoms with Gasteiger partial charge >= 0.3 is 0 Å². The number of hydrogen-bond donors (Lipinski definition) is 1. The molecule has 1 spiro atoms. The van der Waals surface area contributed by atoms with Crippen LogP contribution in [0.25, 0.3) is 0 Å². The van der Waals surface area contributed by atoms with Gasteiger partial charge in [-0.2, -0.15) is 0 Å². The highest BCUT2D eigenvalue weighted by Gasteiger charge is 2.43. The molecule has 0 atom stereocenters. The van der Waals surface area contributed by atoms with Gasteiger partial charge < -0.3 is 14.9 Å². The molecule has 0 bridgehead atoms. The summed E-state index contributed by atoms with van der Waals surface area (Å²) in [6.07, 6.45) is 2.20. The Morgan fingerprint density at radius 2 is 1.93 bits per heavy atom. The predicted octanol–water partition coefficient (Wildman–Crippen LogP) is -0.467. The molecule has 2 rings (SSSR count). The van der Waals surface area contributed by atoms with Gasteiger partial charge in [0.05, 0.1) is 0 Å². The largest absolute Gasteiger partial charge is 0.387 e. The summed E-state index contributed by atoms with van der Waals surface area (Å²) in [5, 5.41) is 8.73. The molecule has 80 valence electrons. The molecule has 4 nitrogen and oxygen atoms in total. The number of amides is 1. The molecule has 0 saturated carbocycles. The summed E-state index contributed by atoms with van der Waals surface area (Å²) in [5.41, 5.74) is 0.487. The van der Waals surface area contributed by atoms with Crippen LogP contribution >= 0.6 is 0 Å². The van der Waals surface area contributed by atoms with Crippen LogP contribution in [0.2, 0.25) is 0 Å². The molecule has 0 aromatic carbocycles. The first-order chi connectivity index (χ1) is 6.65. The third kappa shape index (κ3) is 1.64. The van der Waals surface area contributed by atoms with Crippen molar-refractivity contribution in [3.8, 4) is 0 Å². The van der Waals surface area contributed by atoms with Crippen LogP contribution in [0.1, 0.15) is 12.8 Å². The number of likely N-dealkylation sites (tertiary alicyclic amines) is 2. The van der Waals surface area contributed by atoms with E-state index in [2.05, 4.69) is 11.9 Å². The Bertz CT molecular complexity index is 226. The zero-order chi connectivity index (χ0) is 10.2. The van der Waals surface area contributed by atoms with Crippen LogP contribution in [-0.2, 0) is 4.79 Å². The second-order valence-corrected chi connectivity index (χ2v) is 4.71. The van der Waals surface area contributed by atoms with Gasteiger partial charge in [-0.3, -0.25) is 4.79 Å². The number of rotatable bonds is 1. The average Bonchev–Trinajstić information content (AvgIpc) is 2.16. The lowest BCUT2D eigenvalue weighted by Crippen LogP contribution is -2.59. The normalized spacial score (nSPS) is 26.3. The second-order valence-electron chi connectivity index (χ2n) is 4.71. The second kappa shape index (κ2) is 3.51. The van der Waals surface area contributed by atoms with Crippen molar-refractivity contribution in [1.29, 1.82) is 0 Å². The van der Waals surface area contributed by atoms with E-state index < -0.39 is 0 Å². The maximum Gasteiger partial charge on any atom is 0.248 e. The average molecular weight is 198 g/mol. The van der Waals surface area contributed by atoms with E-state index in [0.29, 0.717) is 5.41 Å². The van der Waals surface area contributed by atoms with Crippen molar-refractivity contribution in [3.63, 3.8) is 0 Å². The zero-order valence-electron chi connectivity index (χ0n) is 8.70. The lowest BCUT2D eigenvalue weighted by atomic mass is 9.72. The maximum absolute atomic E-state index is 11.2. The quantitative estimate of drug-likeness (QED) is 0.619. The summed E-state index contributed by atoms with van der Waals surface area (Å²) < 4.78 is 0. The Morgan fingerprint density at radius 3 is 2.36 bits per heavy atom. The van der Waals surface area contributed by atoms with Crippen molar-refractivity contribution in [2.24, 2.45) is 5.41 Å². The summed E-state index contributed by atoms with van der Waals surface area (Å²) >= 11 is 0. The minimum atomic E-state index is -0.340. The van der Waals surface area contributed by atoms with Gasteiger partial charge in [-0.1, -0.05) is 0 Å². The molecule has 1 amide bonds. The molecule has 2 aliphatic heterocycles. The fourth-order valence-electron chi connectivity index (χ4n) is 2.75. The molecule has 0 aromatic heterocycles. The van der Waals surface area contributed by atoms with Gasteiger partial charge in [0, 0.05) is 26.2 Å². The third-order valence-corrected chi connectivity index (χ3v) is 3.52. The van der Waals surface area contributed by atoms with Crippen LogP contribution in [0.5, 0.6) is 0 Å². The van der Waals surface area contributed by atoms with Crippen molar-refractivity contribution in [2.75, 3.05) is 39.8 Å². The monoisotopic (exact) mass is 198 g/mol. The molecule has 0 aliphatic carbocycles. The summed E-state index contributed by atoms with van der Waals surface area (Å²) in [6, 6.07) is 0. The Kier molecular flexibility index (Phi) is 2.49. The molecular weight excluding hydrogens is 180 g/mol. The molecule has 14 heavy (non-hydrogen) atoms. The van der Waals surface area contributed by atoms with Gasteiger partial charge in [0.2, 0.25) is 5.91 Å². The number of aliphatic hydroxyl groups is 1. The Labute approximate surface area is 84.5 Å². The van der Waals surface area contributed by atoms with Gasteiger partial charge in [0.1, 0.15) is 6.61 Å². The number of hydrogen-bond acceptors (Lipinski definition) is 3. The van der Waals surface area contributed by atoms with Gasteiger partial charge in [0.25, 0.3) is 0 Å². The topological polar surface area (TPSA) is 43.8 Å². The van der Waals surface area contributed by atoms with Crippen LogP contribution in [-0.4, -0.2) is 60.6 Å². The summed E-state index contributed by atoms with van der Waals surface area (Å²) in [7, 11) is 2.14. The summed E-state index contributed by atoms with van der Waals surface area (Å²) in [4.78, 5) is 15.3. The standard InChI is InChI=1S/C10H18N2O2/c1-11-7-10(8-11)2-4-12(5-3-10)9(14)6-13/h13H,2-8H2,1H3. The molecule has 2 heterocycles. The predicted molar refractivity (Wildman–Crippen MR) is 52.8 cm³/mol. The molecule has 2 saturated heterocycles. The number of carbonyl (C=O) groups is 1. The first-order valence-electron chi connectivity index (χ1n) is 5.22. The molecule has 0 unspecified atom stereocenters. The summed E-state index contributed by atoms with van der Waals surface area (Å²) in [6.45, 7) is 3.66. The van der Waals surface area contributed by atoms with Crippen LogP contribution in [0.3, 0.4) is 0 Å². The molecule has 0 aromatic rings. The van der Waals surface area contributed by atoms with Gasteiger partial charge in [0.15, 0.2) is 0 Å². The van der Waals surface area contributed by atoms with E-state index in [9.17, 15) is 4.79 Å². The van der Waals surface area contributed by atoms with Gasteiger partial charge in [-0.25, -0.2) is 0 Å². The van der Waals surface area contributed by atoms with Crippen molar-refractivity contribution in [2.45, 2.75) is 12.8 Å². The number of carbonyl (C=O) groups excluding carboxylic acids is 1. The van der Waals surface area contributed by atoms with Gasteiger partial charge in [-0.15, -0.1) is 0 Å². The van der Waals surface area contributed by atoms with Crippen LogP contribution in [0, 0.1) is 5.41 Å². The van der Waals surface area contributed by atoms with E-state index in [1.165, 1.54) is 13.1 Å². The maximum atomic E-state index is 11.2. The minimum Gasteiger partial charge on any atom is -0.387 e. The van der Waals surface area contributed by atoms with E-state index in [1.807, 2.05) is 0 Å². The number of aliphatic hydroxyl groups excluding tert-OH is 1. The SMILES string of the molecule is CN1CC2(CCN(C(=O)CO)CC2)C1. The smallest absolute Gasteiger partial charge is 0.248 e. The number of piperidine rings is 1. The van der Waals surface area contributed by atoms with Crippen molar-refractivity contribution >= 4 is 5.91 Å². The molecule has 0 radical (unpaired) electrons. The first-order valence-corrected chi connectivity index (χ1v) is 5.22. The first kappa shape index (κ1) is 9.93. The van der Waals surface area contributed by atoms with Crippen molar-refractivity contribution < 1.29 is 9.90 Å². The zero-order valence-corrected chi connectivity index (χ0v) is 8.70. The Hall–Kier alpha value is -0.610. The fraction of sp³-hybridized carbons (Fsp3) is 0.900. The lowest BCUT2D eigenvalue weighted by Gasteiger charge is -2.52.